The number of carbonyl (C=O) groups is 1. The standard InChI is InChI=1S/C13H17N3O3S/c1-8(2)6-12(17)15-13(20)14-11-5-4-10(16(18)19)7-9(11)3/h4-5,7-8H,6H2,1-3H3,(H2,14,15,17,20). The predicted octanol–water partition coefficient (Wildman–Crippen LogP) is 2.76. The molecule has 0 aliphatic heterocycles. The predicted molar refractivity (Wildman–Crippen MR) is 81.7 cm³/mol. The van der Waals surface area contributed by atoms with Gasteiger partial charge in [0.2, 0.25) is 5.91 Å². The van der Waals surface area contributed by atoms with Gasteiger partial charge in [-0.05, 0) is 36.7 Å². The fraction of sp³-hybridized carbons (Fsp3) is 0.385. The van der Waals surface area contributed by atoms with E-state index in [1.165, 1.54) is 12.1 Å². The number of anilines is 1. The van der Waals surface area contributed by atoms with Crippen LogP contribution in [0.1, 0.15) is 25.8 Å². The van der Waals surface area contributed by atoms with Crippen LogP contribution in [0.25, 0.3) is 0 Å². The molecule has 7 heteroatoms. The Bertz CT molecular complexity index is 544. The van der Waals surface area contributed by atoms with Gasteiger partial charge >= 0.3 is 0 Å². The number of thiocarbonyl (C=S) groups is 1. The van der Waals surface area contributed by atoms with Gasteiger partial charge in [-0.25, -0.2) is 0 Å². The molecule has 0 atom stereocenters. The van der Waals surface area contributed by atoms with Crippen molar-refractivity contribution in [2.75, 3.05) is 5.32 Å². The van der Waals surface area contributed by atoms with Gasteiger partial charge in [0.05, 0.1) is 4.92 Å². The van der Waals surface area contributed by atoms with E-state index in [1.807, 2.05) is 13.8 Å². The van der Waals surface area contributed by atoms with Crippen molar-refractivity contribution in [3.05, 3.63) is 33.9 Å². The number of amides is 1. The molecule has 0 aliphatic carbocycles. The molecule has 0 radical (unpaired) electrons. The van der Waals surface area contributed by atoms with Crippen molar-refractivity contribution >= 4 is 34.6 Å². The van der Waals surface area contributed by atoms with Crippen molar-refractivity contribution in [2.45, 2.75) is 27.2 Å². The first kappa shape index (κ1) is 16.0. The molecule has 0 aromatic heterocycles. The van der Waals surface area contributed by atoms with Crippen LogP contribution in [0.2, 0.25) is 0 Å². The minimum absolute atomic E-state index is 0.0165. The Morgan fingerprint density at radius 2 is 2.10 bits per heavy atom. The van der Waals surface area contributed by atoms with E-state index < -0.39 is 4.92 Å². The van der Waals surface area contributed by atoms with Crippen LogP contribution in [0.15, 0.2) is 18.2 Å². The number of hydrogen-bond acceptors (Lipinski definition) is 4. The molecule has 0 heterocycles. The normalized spacial score (nSPS) is 10.2. The topological polar surface area (TPSA) is 84.3 Å². The second-order valence-corrected chi connectivity index (χ2v) is 5.26. The first-order valence-corrected chi connectivity index (χ1v) is 6.56. The highest BCUT2D eigenvalue weighted by Crippen LogP contribution is 2.21. The number of nitrogens with zero attached hydrogens (tertiary/aromatic N) is 1. The Hall–Kier alpha value is -2.02. The lowest BCUT2D eigenvalue weighted by Gasteiger charge is -2.12. The molecule has 1 aromatic rings. The second-order valence-electron chi connectivity index (χ2n) is 4.86. The number of nitro benzene ring substituents is 1. The van der Waals surface area contributed by atoms with Crippen molar-refractivity contribution in [1.29, 1.82) is 0 Å². The zero-order valence-corrected chi connectivity index (χ0v) is 12.4. The SMILES string of the molecule is Cc1cc([N+](=O)[O-])ccc1NC(=S)NC(=O)CC(C)C. The van der Waals surface area contributed by atoms with Crippen molar-refractivity contribution in [1.82, 2.24) is 5.32 Å². The van der Waals surface area contributed by atoms with Gasteiger partial charge in [0, 0.05) is 24.2 Å². The second kappa shape index (κ2) is 6.95. The molecular formula is C13H17N3O3S. The van der Waals surface area contributed by atoms with Crippen LogP contribution in [-0.4, -0.2) is 15.9 Å². The number of benzene rings is 1. The van der Waals surface area contributed by atoms with Crippen LogP contribution in [0.3, 0.4) is 0 Å². The average molecular weight is 295 g/mol. The van der Waals surface area contributed by atoms with E-state index in [0.29, 0.717) is 17.7 Å². The number of rotatable bonds is 4. The molecule has 20 heavy (non-hydrogen) atoms. The summed E-state index contributed by atoms with van der Waals surface area (Å²) < 4.78 is 0. The lowest BCUT2D eigenvalue weighted by atomic mass is 10.1. The van der Waals surface area contributed by atoms with Crippen molar-refractivity contribution in [3.63, 3.8) is 0 Å². The Morgan fingerprint density at radius 3 is 2.60 bits per heavy atom. The third-order valence-corrected chi connectivity index (χ3v) is 2.72. The summed E-state index contributed by atoms with van der Waals surface area (Å²) in [7, 11) is 0. The largest absolute Gasteiger partial charge is 0.332 e. The molecule has 108 valence electrons. The molecule has 0 fully saturated rings. The molecule has 1 amide bonds. The van der Waals surface area contributed by atoms with E-state index in [-0.39, 0.29) is 22.6 Å². The van der Waals surface area contributed by atoms with Gasteiger partial charge in [0.25, 0.3) is 5.69 Å². The molecule has 0 bridgehead atoms. The molecule has 2 N–H and O–H groups in total. The summed E-state index contributed by atoms with van der Waals surface area (Å²) in [5.74, 6) is 0.0935. The molecule has 6 nitrogen and oxygen atoms in total. The highest BCUT2D eigenvalue weighted by atomic mass is 32.1. The van der Waals surface area contributed by atoms with Gasteiger partial charge in [-0.1, -0.05) is 13.8 Å². The van der Waals surface area contributed by atoms with Crippen LogP contribution in [0, 0.1) is 23.0 Å². The maximum atomic E-state index is 11.6. The van der Waals surface area contributed by atoms with E-state index in [0.717, 1.165) is 0 Å². The fourth-order valence-electron chi connectivity index (χ4n) is 1.60. The number of non-ortho nitro benzene ring substituents is 1. The van der Waals surface area contributed by atoms with Gasteiger partial charge in [-0.3, -0.25) is 14.9 Å². The summed E-state index contributed by atoms with van der Waals surface area (Å²) in [6, 6.07) is 4.39. The Kier molecular flexibility index (Phi) is 5.57. The summed E-state index contributed by atoms with van der Waals surface area (Å²) in [5.41, 5.74) is 1.33. The summed E-state index contributed by atoms with van der Waals surface area (Å²) in [6.45, 7) is 5.61. The Labute approximate surface area is 122 Å². The fourth-order valence-corrected chi connectivity index (χ4v) is 1.83. The minimum Gasteiger partial charge on any atom is -0.332 e. The molecular weight excluding hydrogens is 278 g/mol. The number of carbonyl (C=O) groups excluding carboxylic acids is 1. The van der Waals surface area contributed by atoms with Gasteiger partial charge in [-0.15, -0.1) is 0 Å². The maximum absolute atomic E-state index is 11.6. The third kappa shape index (κ3) is 4.93. The summed E-state index contributed by atoms with van der Waals surface area (Å²) in [4.78, 5) is 21.7. The van der Waals surface area contributed by atoms with E-state index in [2.05, 4.69) is 10.6 Å². The zero-order valence-electron chi connectivity index (χ0n) is 11.6. The smallest absolute Gasteiger partial charge is 0.269 e. The van der Waals surface area contributed by atoms with Crippen molar-refractivity contribution in [3.8, 4) is 0 Å². The molecule has 1 rings (SSSR count). The first-order chi connectivity index (χ1) is 9.29. The first-order valence-electron chi connectivity index (χ1n) is 6.15. The summed E-state index contributed by atoms with van der Waals surface area (Å²) in [6.07, 6.45) is 0.390. The molecule has 0 aliphatic rings. The molecule has 0 saturated carbocycles. The molecule has 0 spiro atoms. The number of nitrogens with one attached hydrogen (secondary N) is 2. The monoisotopic (exact) mass is 295 g/mol. The van der Waals surface area contributed by atoms with Crippen LogP contribution in [0.4, 0.5) is 11.4 Å². The highest BCUT2D eigenvalue weighted by molar-refractivity contribution is 7.80. The zero-order chi connectivity index (χ0) is 15.3. The van der Waals surface area contributed by atoms with Gasteiger partial charge in [0.1, 0.15) is 0 Å². The number of aryl methyl sites for hydroxylation is 1. The number of hydrogen-bond donors (Lipinski definition) is 2. The van der Waals surface area contributed by atoms with Crippen molar-refractivity contribution in [2.24, 2.45) is 5.92 Å². The summed E-state index contributed by atoms with van der Waals surface area (Å²) in [5, 5.41) is 16.3. The van der Waals surface area contributed by atoms with E-state index in [4.69, 9.17) is 12.2 Å². The van der Waals surface area contributed by atoms with Gasteiger partial charge in [0.15, 0.2) is 5.11 Å². The van der Waals surface area contributed by atoms with E-state index in [1.54, 1.807) is 13.0 Å². The Balaban J connectivity index is 2.67. The lowest BCUT2D eigenvalue weighted by Crippen LogP contribution is -2.34. The van der Waals surface area contributed by atoms with E-state index in [9.17, 15) is 14.9 Å². The van der Waals surface area contributed by atoms with Crippen LogP contribution < -0.4 is 10.6 Å². The number of nitro groups is 1. The molecule has 0 saturated heterocycles. The highest BCUT2D eigenvalue weighted by Gasteiger charge is 2.10. The van der Waals surface area contributed by atoms with E-state index >= 15 is 0 Å². The quantitative estimate of drug-likeness (QED) is 0.507. The Morgan fingerprint density at radius 1 is 1.45 bits per heavy atom. The molecule has 1 aromatic carbocycles. The third-order valence-electron chi connectivity index (χ3n) is 2.52. The van der Waals surface area contributed by atoms with Crippen LogP contribution in [0.5, 0.6) is 0 Å². The lowest BCUT2D eigenvalue weighted by molar-refractivity contribution is -0.384. The van der Waals surface area contributed by atoms with Crippen molar-refractivity contribution < 1.29 is 9.72 Å². The maximum Gasteiger partial charge on any atom is 0.269 e. The van der Waals surface area contributed by atoms with Crippen LogP contribution in [-0.2, 0) is 4.79 Å². The van der Waals surface area contributed by atoms with Crippen LogP contribution >= 0.6 is 12.2 Å². The van der Waals surface area contributed by atoms with Gasteiger partial charge < -0.3 is 10.6 Å². The average Bonchev–Trinajstić information content (AvgIpc) is 2.30. The van der Waals surface area contributed by atoms with Gasteiger partial charge in [-0.2, -0.15) is 0 Å². The minimum atomic E-state index is -0.459. The molecule has 0 unspecified atom stereocenters. The summed E-state index contributed by atoms with van der Waals surface area (Å²) >= 11 is 5.03.